The van der Waals surface area contributed by atoms with Crippen LogP contribution in [-0.4, -0.2) is 19.8 Å². The van der Waals surface area contributed by atoms with Gasteiger partial charge in [0.1, 0.15) is 5.75 Å². The molecule has 0 heterocycles. The third kappa shape index (κ3) is 5.28. The number of rotatable bonds is 6. The molecule has 0 bridgehead atoms. The van der Waals surface area contributed by atoms with Crippen molar-refractivity contribution >= 4 is 11.6 Å². The van der Waals surface area contributed by atoms with Gasteiger partial charge in [-0.3, -0.25) is 0 Å². The van der Waals surface area contributed by atoms with Gasteiger partial charge in [0, 0.05) is 12.5 Å². The van der Waals surface area contributed by atoms with Crippen molar-refractivity contribution in [1.29, 1.82) is 0 Å². The zero-order valence-electron chi connectivity index (χ0n) is 10.9. The number of methoxy groups -OCH3 is 1. The van der Waals surface area contributed by atoms with Crippen LogP contribution in [0, 0.1) is 0 Å². The first kappa shape index (κ1) is 16.1. The summed E-state index contributed by atoms with van der Waals surface area (Å²) in [7, 11) is 1.48. The molecule has 1 N–H and O–H groups in total. The predicted octanol–water partition coefficient (Wildman–Crippen LogP) is 4.34. The minimum Gasteiger partial charge on any atom is -0.495 e. The lowest BCUT2D eigenvalue weighted by atomic mass is 10.0. The van der Waals surface area contributed by atoms with Gasteiger partial charge in [-0.1, -0.05) is 24.6 Å². The van der Waals surface area contributed by atoms with Crippen LogP contribution in [0.4, 0.5) is 13.2 Å². The fourth-order valence-electron chi connectivity index (χ4n) is 1.83. The molecule has 1 aromatic rings. The summed E-state index contributed by atoms with van der Waals surface area (Å²) in [6, 6.07) is 4.66. The van der Waals surface area contributed by atoms with Gasteiger partial charge in [-0.05, 0) is 30.7 Å². The molecule has 0 aromatic heterocycles. The Morgan fingerprint density at radius 3 is 2.58 bits per heavy atom. The van der Waals surface area contributed by atoms with Gasteiger partial charge in [0.05, 0.1) is 12.1 Å². The second-order valence-electron chi connectivity index (χ2n) is 4.16. The molecule has 6 heteroatoms. The zero-order valence-corrected chi connectivity index (χ0v) is 11.6. The van der Waals surface area contributed by atoms with Crippen molar-refractivity contribution in [2.45, 2.75) is 32.0 Å². The van der Waals surface area contributed by atoms with Crippen molar-refractivity contribution < 1.29 is 17.9 Å². The second kappa shape index (κ2) is 7.01. The molecule has 0 fully saturated rings. The summed E-state index contributed by atoms with van der Waals surface area (Å²) in [6.07, 6.45) is -4.98. The molecule has 19 heavy (non-hydrogen) atoms. The van der Waals surface area contributed by atoms with Gasteiger partial charge in [0.2, 0.25) is 0 Å². The minimum atomic E-state index is -4.15. The number of alkyl halides is 3. The monoisotopic (exact) mass is 295 g/mol. The smallest absolute Gasteiger partial charge is 0.389 e. The summed E-state index contributed by atoms with van der Waals surface area (Å²) < 4.78 is 42.0. The first-order valence-electron chi connectivity index (χ1n) is 6.01. The Kier molecular flexibility index (Phi) is 5.94. The van der Waals surface area contributed by atoms with Gasteiger partial charge < -0.3 is 10.1 Å². The van der Waals surface area contributed by atoms with E-state index in [4.69, 9.17) is 16.3 Å². The minimum absolute atomic E-state index is 0.0118. The van der Waals surface area contributed by atoms with E-state index in [1.807, 2.05) is 6.92 Å². The molecule has 0 saturated carbocycles. The van der Waals surface area contributed by atoms with E-state index >= 15 is 0 Å². The summed E-state index contributed by atoms with van der Waals surface area (Å²) in [6.45, 7) is 2.45. The third-order valence-corrected chi connectivity index (χ3v) is 3.06. The van der Waals surface area contributed by atoms with Crippen molar-refractivity contribution in [3.63, 3.8) is 0 Å². The number of halogens is 4. The SMILES string of the molecule is CCNC(CCC(F)(F)F)c1ccc(Cl)c(OC)c1. The molecule has 0 saturated heterocycles. The topological polar surface area (TPSA) is 21.3 Å². The van der Waals surface area contributed by atoms with Gasteiger partial charge in [-0.2, -0.15) is 13.2 Å². The summed E-state index contributed by atoms with van der Waals surface area (Å²) in [5.74, 6) is 0.467. The Morgan fingerprint density at radius 1 is 1.37 bits per heavy atom. The number of ether oxygens (including phenoxy) is 1. The van der Waals surface area contributed by atoms with Crippen LogP contribution in [0.25, 0.3) is 0 Å². The van der Waals surface area contributed by atoms with E-state index in [1.165, 1.54) is 7.11 Å². The molecule has 0 aliphatic heterocycles. The fraction of sp³-hybridized carbons (Fsp3) is 0.538. The first-order valence-corrected chi connectivity index (χ1v) is 6.38. The Labute approximate surface area is 115 Å². The molecule has 108 valence electrons. The van der Waals surface area contributed by atoms with Gasteiger partial charge in [0.25, 0.3) is 0 Å². The lowest BCUT2D eigenvalue weighted by Crippen LogP contribution is -2.23. The van der Waals surface area contributed by atoms with Crippen molar-refractivity contribution in [2.75, 3.05) is 13.7 Å². The highest BCUT2D eigenvalue weighted by atomic mass is 35.5. The highest BCUT2D eigenvalue weighted by Gasteiger charge is 2.28. The number of hydrogen-bond acceptors (Lipinski definition) is 2. The van der Waals surface area contributed by atoms with Crippen LogP contribution in [0.5, 0.6) is 5.75 Å². The van der Waals surface area contributed by atoms with E-state index in [0.29, 0.717) is 17.3 Å². The maximum Gasteiger partial charge on any atom is 0.389 e. The summed E-state index contributed by atoms with van der Waals surface area (Å²) in [4.78, 5) is 0. The maximum absolute atomic E-state index is 12.3. The van der Waals surface area contributed by atoms with Gasteiger partial charge >= 0.3 is 6.18 Å². The van der Waals surface area contributed by atoms with Crippen LogP contribution >= 0.6 is 11.6 Å². The lowest BCUT2D eigenvalue weighted by molar-refractivity contribution is -0.136. The molecule has 2 nitrogen and oxygen atoms in total. The second-order valence-corrected chi connectivity index (χ2v) is 4.57. The molecule has 0 aliphatic carbocycles. The average Bonchev–Trinajstić information content (AvgIpc) is 2.34. The van der Waals surface area contributed by atoms with Gasteiger partial charge in [0.15, 0.2) is 0 Å². The molecule has 1 rings (SSSR count). The Bertz CT molecular complexity index is 409. The predicted molar refractivity (Wildman–Crippen MR) is 69.7 cm³/mol. The number of benzene rings is 1. The standard InChI is InChI=1S/C13H17ClF3NO/c1-3-18-11(6-7-13(15,16)17)9-4-5-10(14)12(8-9)19-2/h4-5,8,11,18H,3,6-7H2,1-2H3. The fourth-order valence-corrected chi connectivity index (χ4v) is 2.03. The van der Waals surface area contributed by atoms with Crippen LogP contribution in [0.3, 0.4) is 0 Å². The van der Waals surface area contributed by atoms with Crippen LogP contribution in [0.1, 0.15) is 31.4 Å². The Morgan fingerprint density at radius 2 is 2.05 bits per heavy atom. The summed E-state index contributed by atoms with van der Waals surface area (Å²) >= 11 is 5.90. The number of nitrogens with one attached hydrogen (secondary N) is 1. The van der Waals surface area contributed by atoms with Crippen molar-refractivity contribution in [2.24, 2.45) is 0 Å². The average molecular weight is 296 g/mol. The van der Waals surface area contributed by atoms with Crippen LogP contribution < -0.4 is 10.1 Å². The largest absolute Gasteiger partial charge is 0.495 e. The van der Waals surface area contributed by atoms with E-state index < -0.39 is 12.6 Å². The highest BCUT2D eigenvalue weighted by Crippen LogP contribution is 2.31. The molecule has 0 aliphatic rings. The first-order chi connectivity index (χ1) is 8.87. The van der Waals surface area contributed by atoms with E-state index in [1.54, 1.807) is 18.2 Å². The summed E-state index contributed by atoms with van der Waals surface area (Å²) in [5, 5.41) is 3.49. The summed E-state index contributed by atoms with van der Waals surface area (Å²) in [5.41, 5.74) is 0.743. The lowest BCUT2D eigenvalue weighted by Gasteiger charge is -2.20. The molecular weight excluding hydrogens is 279 g/mol. The molecule has 0 amide bonds. The van der Waals surface area contributed by atoms with Gasteiger partial charge in [-0.15, -0.1) is 0 Å². The maximum atomic E-state index is 12.3. The van der Waals surface area contributed by atoms with Crippen molar-refractivity contribution in [3.05, 3.63) is 28.8 Å². The van der Waals surface area contributed by atoms with Crippen LogP contribution in [-0.2, 0) is 0 Å². The molecule has 1 atom stereocenters. The van der Waals surface area contributed by atoms with Crippen molar-refractivity contribution in [3.8, 4) is 5.75 Å². The molecule has 1 unspecified atom stereocenters. The quantitative estimate of drug-likeness (QED) is 0.843. The molecule has 1 aromatic carbocycles. The third-order valence-electron chi connectivity index (χ3n) is 2.74. The normalized spacial score (nSPS) is 13.4. The van der Waals surface area contributed by atoms with E-state index in [0.717, 1.165) is 5.56 Å². The molecule has 0 radical (unpaired) electrons. The Hall–Kier alpha value is -0.940. The van der Waals surface area contributed by atoms with Crippen LogP contribution in [0.2, 0.25) is 5.02 Å². The van der Waals surface area contributed by atoms with E-state index in [-0.39, 0.29) is 12.5 Å². The highest BCUT2D eigenvalue weighted by molar-refractivity contribution is 6.32. The van der Waals surface area contributed by atoms with E-state index in [9.17, 15) is 13.2 Å². The van der Waals surface area contributed by atoms with Crippen molar-refractivity contribution in [1.82, 2.24) is 5.32 Å². The number of hydrogen-bond donors (Lipinski definition) is 1. The molecular formula is C13H17ClF3NO. The van der Waals surface area contributed by atoms with Crippen LogP contribution in [0.15, 0.2) is 18.2 Å². The zero-order chi connectivity index (χ0) is 14.5. The van der Waals surface area contributed by atoms with E-state index in [2.05, 4.69) is 5.32 Å². The van der Waals surface area contributed by atoms with Gasteiger partial charge in [-0.25, -0.2) is 0 Å². The molecule has 0 spiro atoms. The Balaban J connectivity index is 2.86.